The van der Waals surface area contributed by atoms with E-state index in [2.05, 4.69) is 35.8 Å². The predicted octanol–water partition coefficient (Wildman–Crippen LogP) is 4.04. The molecule has 0 amide bonds. The standard InChI is InChI=1S/C26H29F2N9O3S/c1-15-10-17(2-5-22(15)38)32-21-11-24(30-13-19(21)20-7-9-36(35-20)26(27)28)33-23-6-8-29-25(34-23)16-12-31-37(14-16)41(39,40)18-3-4-18/h6-9,11-15,17-18,22,26,38H,2-5,10H2,1H3,(H2,29,30,32,33,34). The van der Waals surface area contributed by atoms with E-state index in [1.165, 1.54) is 30.9 Å². The van der Waals surface area contributed by atoms with E-state index in [0.29, 0.717) is 58.1 Å². The van der Waals surface area contributed by atoms with Crippen molar-refractivity contribution in [1.29, 1.82) is 0 Å². The summed E-state index contributed by atoms with van der Waals surface area (Å²) in [6.45, 7) is -0.760. The van der Waals surface area contributed by atoms with Gasteiger partial charge < -0.3 is 15.7 Å². The number of anilines is 3. The minimum atomic E-state index is -3.51. The summed E-state index contributed by atoms with van der Waals surface area (Å²) in [5.74, 6) is 1.25. The number of aromatic nitrogens is 7. The molecule has 0 radical (unpaired) electrons. The Bertz CT molecular complexity index is 1660. The van der Waals surface area contributed by atoms with Crippen LogP contribution in [-0.2, 0) is 10.0 Å². The minimum Gasteiger partial charge on any atom is -0.393 e. The first-order chi connectivity index (χ1) is 19.7. The number of nitrogens with one attached hydrogen (secondary N) is 2. The number of hydrogen-bond donors (Lipinski definition) is 3. The quantitative estimate of drug-likeness (QED) is 0.262. The average Bonchev–Trinajstić information content (AvgIpc) is 3.48. The molecule has 15 heteroatoms. The molecule has 216 valence electrons. The third kappa shape index (κ3) is 5.77. The van der Waals surface area contributed by atoms with Crippen LogP contribution in [0.15, 0.2) is 49.2 Å². The Balaban J connectivity index is 1.27. The number of aliphatic hydroxyl groups excluding tert-OH is 1. The largest absolute Gasteiger partial charge is 0.393 e. The van der Waals surface area contributed by atoms with Crippen molar-refractivity contribution in [1.82, 2.24) is 33.9 Å². The van der Waals surface area contributed by atoms with Gasteiger partial charge in [-0.2, -0.15) is 23.1 Å². The monoisotopic (exact) mass is 585 g/mol. The molecule has 0 aliphatic heterocycles. The zero-order chi connectivity index (χ0) is 28.7. The molecular formula is C26H29F2N9O3S. The van der Waals surface area contributed by atoms with Crippen molar-refractivity contribution in [2.24, 2.45) is 5.92 Å². The van der Waals surface area contributed by atoms with Crippen LogP contribution in [0.4, 0.5) is 26.1 Å². The SMILES string of the molecule is CC1CC(Nc2cc(Nc3ccnc(-c4cnn(S(=O)(=O)C5CC5)c4)n3)ncc2-c2ccn(C(F)F)n2)CCC1O. The number of pyridine rings is 1. The van der Waals surface area contributed by atoms with Gasteiger partial charge in [0.05, 0.1) is 35.0 Å². The topological polar surface area (TPSA) is 153 Å². The van der Waals surface area contributed by atoms with Crippen LogP contribution in [0, 0.1) is 5.92 Å². The Morgan fingerprint density at radius 2 is 1.93 bits per heavy atom. The lowest BCUT2D eigenvalue weighted by Gasteiger charge is -2.32. The van der Waals surface area contributed by atoms with Crippen LogP contribution < -0.4 is 10.6 Å². The van der Waals surface area contributed by atoms with E-state index < -0.39 is 21.8 Å². The molecule has 0 spiro atoms. The van der Waals surface area contributed by atoms with Crippen LogP contribution in [0.1, 0.15) is 45.6 Å². The summed E-state index contributed by atoms with van der Waals surface area (Å²) >= 11 is 0. The van der Waals surface area contributed by atoms with E-state index in [1.54, 1.807) is 18.3 Å². The summed E-state index contributed by atoms with van der Waals surface area (Å²) < 4.78 is 53.0. The highest BCUT2D eigenvalue weighted by atomic mass is 32.2. The van der Waals surface area contributed by atoms with Crippen molar-refractivity contribution in [2.45, 2.75) is 63.0 Å². The number of nitrogens with zero attached hydrogens (tertiary/aromatic N) is 7. The molecule has 12 nitrogen and oxygen atoms in total. The zero-order valence-electron chi connectivity index (χ0n) is 22.1. The third-order valence-electron chi connectivity index (χ3n) is 7.41. The van der Waals surface area contributed by atoms with E-state index >= 15 is 0 Å². The average molecular weight is 586 g/mol. The van der Waals surface area contributed by atoms with Crippen molar-refractivity contribution in [3.63, 3.8) is 0 Å². The van der Waals surface area contributed by atoms with Crippen LogP contribution in [0.2, 0.25) is 0 Å². The molecule has 0 saturated heterocycles. The maximum Gasteiger partial charge on any atom is 0.333 e. The molecular weight excluding hydrogens is 556 g/mol. The summed E-state index contributed by atoms with van der Waals surface area (Å²) in [6, 6.07) is 4.98. The first-order valence-electron chi connectivity index (χ1n) is 13.3. The summed E-state index contributed by atoms with van der Waals surface area (Å²) in [5.41, 5.74) is 2.00. The molecule has 2 aliphatic carbocycles. The number of aliphatic hydroxyl groups is 1. The minimum absolute atomic E-state index is 0.0636. The molecule has 41 heavy (non-hydrogen) atoms. The Hall–Kier alpha value is -3.98. The van der Waals surface area contributed by atoms with E-state index in [1.807, 2.05) is 6.92 Å². The fourth-order valence-corrected chi connectivity index (χ4v) is 6.42. The van der Waals surface area contributed by atoms with E-state index in [-0.39, 0.29) is 23.9 Å². The summed E-state index contributed by atoms with van der Waals surface area (Å²) in [4.78, 5) is 13.2. The summed E-state index contributed by atoms with van der Waals surface area (Å²) in [7, 11) is -3.51. The third-order valence-corrected chi connectivity index (χ3v) is 9.44. The van der Waals surface area contributed by atoms with E-state index in [9.17, 15) is 22.3 Å². The van der Waals surface area contributed by atoms with Gasteiger partial charge in [-0.3, -0.25) is 0 Å². The molecule has 4 aromatic heterocycles. The molecule has 0 bridgehead atoms. The molecule has 2 saturated carbocycles. The number of hydrogen-bond acceptors (Lipinski definition) is 10. The molecule has 4 heterocycles. The van der Waals surface area contributed by atoms with E-state index in [4.69, 9.17) is 0 Å². The van der Waals surface area contributed by atoms with Gasteiger partial charge >= 0.3 is 6.55 Å². The van der Waals surface area contributed by atoms with Crippen molar-refractivity contribution in [3.8, 4) is 22.6 Å². The molecule has 2 aliphatic rings. The van der Waals surface area contributed by atoms with Crippen molar-refractivity contribution in [3.05, 3.63) is 49.2 Å². The molecule has 2 fully saturated rings. The van der Waals surface area contributed by atoms with Gasteiger partial charge in [0, 0.05) is 41.9 Å². The van der Waals surface area contributed by atoms with Crippen LogP contribution in [-0.4, -0.2) is 64.8 Å². The summed E-state index contributed by atoms with van der Waals surface area (Å²) in [6.07, 6.45) is 10.2. The molecule has 0 aromatic carbocycles. The highest BCUT2D eigenvalue weighted by Gasteiger charge is 2.37. The zero-order valence-corrected chi connectivity index (χ0v) is 22.9. The fraction of sp³-hybridized carbons (Fsp3) is 0.423. The summed E-state index contributed by atoms with van der Waals surface area (Å²) in [5, 5.41) is 24.4. The van der Waals surface area contributed by atoms with Crippen molar-refractivity contribution >= 4 is 27.3 Å². The molecule has 3 unspecified atom stereocenters. The smallest absolute Gasteiger partial charge is 0.333 e. The van der Waals surface area contributed by atoms with Crippen molar-refractivity contribution in [2.75, 3.05) is 10.6 Å². The maximum absolute atomic E-state index is 13.2. The number of alkyl halides is 2. The van der Waals surface area contributed by atoms with Crippen LogP contribution >= 0.6 is 0 Å². The lowest BCUT2D eigenvalue weighted by atomic mass is 9.84. The number of halogens is 2. The van der Waals surface area contributed by atoms with Crippen LogP contribution in [0.3, 0.4) is 0 Å². The highest BCUT2D eigenvalue weighted by Crippen LogP contribution is 2.34. The first-order valence-corrected chi connectivity index (χ1v) is 14.9. The van der Waals surface area contributed by atoms with Crippen molar-refractivity contribution < 1.29 is 22.3 Å². The van der Waals surface area contributed by atoms with Gasteiger partial charge in [0.15, 0.2) is 5.82 Å². The van der Waals surface area contributed by atoms with Gasteiger partial charge in [-0.1, -0.05) is 6.92 Å². The van der Waals surface area contributed by atoms with E-state index in [0.717, 1.165) is 16.9 Å². The molecule has 3 atom stereocenters. The Morgan fingerprint density at radius 1 is 1.10 bits per heavy atom. The lowest BCUT2D eigenvalue weighted by molar-refractivity contribution is 0.0568. The number of rotatable bonds is 9. The normalized spacial score (nSPS) is 21.2. The second-order valence-corrected chi connectivity index (χ2v) is 12.6. The molecule has 4 aromatic rings. The lowest BCUT2D eigenvalue weighted by Crippen LogP contribution is -2.34. The molecule has 3 N–H and O–H groups in total. The van der Waals surface area contributed by atoms with Gasteiger partial charge in [-0.25, -0.2) is 28.1 Å². The van der Waals surface area contributed by atoms with Gasteiger partial charge in [0.1, 0.15) is 11.6 Å². The second-order valence-electron chi connectivity index (χ2n) is 10.5. The Morgan fingerprint density at radius 3 is 2.66 bits per heavy atom. The second kappa shape index (κ2) is 10.8. The predicted molar refractivity (Wildman–Crippen MR) is 147 cm³/mol. The fourth-order valence-electron chi connectivity index (χ4n) is 4.95. The van der Waals surface area contributed by atoms with Crippen LogP contribution in [0.5, 0.6) is 0 Å². The first kappa shape index (κ1) is 27.2. The van der Waals surface area contributed by atoms with Gasteiger partial charge in [-0.05, 0) is 50.2 Å². The Labute approximate surface area is 234 Å². The maximum atomic E-state index is 13.2. The van der Waals surface area contributed by atoms with Gasteiger partial charge in [0.2, 0.25) is 0 Å². The van der Waals surface area contributed by atoms with Gasteiger partial charge in [0.25, 0.3) is 10.0 Å². The van der Waals surface area contributed by atoms with Crippen LogP contribution in [0.25, 0.3) is 22.6 Å². The molecule has 6 rings (SSSR count). The Kier molecular flexibility index (Phi) is 7.15. The van der Waals surface area contributed by atoms with Gasteiger partial charge in [-0.15, -0.1) is 0 Å². The highest BCUT2D eigenvalue weighted by molar-refractivity contribution is 7.90.